The molecule has 0 saturated heterocycles. The molecule has 0 radical (unpaired) electrons. The zero-order valence-corrected chi connectivity index (χ0v) is 27.9. The highest BCUT2D eigenvalue weighted by Gasteiger charge is 2.25. The lowest BCUT2D eigenvalue weighted by Crippen LogP contribution is -2.48. The maximum Gasteiger partial charge on any atom is 0.251 e. The van der Waals surface area contributed by atoms with Gasteiger partial charge in [-0.1, -0.05) is 72.8 Å². The molecule has 0 unspecified atom stereocenters. The largest absolute Gasteiger partial charge is 0.390 e. The number of hydrogen-bond donors (Lipinski definition) is 5. The van der Waals surface area contributed by atoms with E-state index < -0.39 is 34.0 Å². The predicted octanol–water partition coefficient (Wildman–Crippen LogP) is 3.94. The number of aliphatic hydroxyl groups excluding tert-OH is 1. The quantitative estimate of drug-likeness (QED) is 0.120. The van der Waals surface area contributed by atoms with Crippen LogP contribution in [0.4, 0.5) is 5.69 Å². The van der Waals surface area contributed by atoms with Crippen molar-refractivity contribution in [3.8, 4) is 0 Å². The van der Waals surface area contributed by atoms with E-state index in [2.05, 4.69) is 25.9 Å². The van der Waals surface area contributed by atoms with E-state index in [9.17, 15) is 23.1 Å². The third kappa shape index (κ3) is 8.85. The number of H-pyrrole nitrogens is 1. The monoisotopic (exact) mass is 668 g/mol. The third-order valence-corrected chi connectivity index (χ3v) is 9.32. The Hall–Kier alpha value is -5.04. The maximum absolute atomic E-state index is 13.8. The van der Waals surface area contributed by atoms with Crippen molar-refractivity contribution < 1.29 is 23.1 Å². The van der Waals surface area contributed by atoms with Crippen LogP contribution in [0.15, 0.2) is 103 Å². The molecular formula is C36H40N6O5S. The highest BCUT2D eigenvalue weighted by atomic mass is 32.2. The number of para-hydroxylation sites is 2. The normalized spacial score (nSPS) is 13.4. The Labute approximate surface area is 280 Å². The molecule has 0 fully saturated rings. The number of carbonyl (C=O) groups is 2. The lowest BCUT2D eigenvalue weighted by molar-refractivity contribution is 0.0829. The van der Waals surface area contributed by atoms with E-state index in [1.807, 2.05) is 91.9 Å². The zero-order valence-electron chi connectivity index (χ0n) is 27.1. The lowest BCUT2D eigenvalue weighted by Gasteiger charge is -2.25. The summed E-state index contributed by atoms with van der Waals surface area (Å²) in [5, 5.41) is 20.4. The van der Waals surface area contributed by atoms with E-state index in [1.165, 1.54) is 25.2 Å². The number of rotatable bonds is 14. The van der Waals surface area contributed by atoms with Crippen molar-refractivity contribution in [3.63, 3.8) is 0 Å². The van der Waals surface area contributed by atoms with Gasteiger partial charge in [-0.05, 0) is 54.8 Å². The molecule has 1 heterocycles. The molecule has 5 rings (SSSR count). The topological polar surface area (TPSA) is 157 Å². The van der Waals surface area contributed by atoms with Crippen LogP contribution in [0.3, 0.4) is 0 Å². The first kappa shape index (κ1) is 34.3. The second-order valence-corrected chi connectivity index (χ2v) is 13.8. The van der Waals surface area contributed by atoms with Crippen molar-refractivity contribution in [1.29, 1.82) is 0 Å². The molecule has 12 heteroatoms. The van der Waals surface area contributed by atoms with Gasteiger partial charge >= 0.3 is 0 Å². The van der Waals surface area contributed by atoms with Crippen LogP contribution in [0.25, 0.3) is 11.0 Å². The fourth-order valence-electron chi connectivity index (χ4n) is 5.32. The Balaban J connectivity index is 1.36. The van der Waals surface area contributed by atoms with Crippen LogP contribution in [0, 0.1) is 0 Å². The average Bonchev–Trinajstić information content (AvgIpc) is 3.50. The Bertz CT molecular complexity index is 1930. The highest BCUT2D eigenvalue weighted by molar-refractivity contribution is 7.92. The minimum Gasteiger partial charge on any atom is -0.390 e. The molecule has 1 aromatic heterocycles. The standard InChI is InChI=1S/C36H40N6O5S/c1-24(26-14-8-5-9-15-26)38-35(44)27-19-28(21-29(20-27)42(2)48(3,46)47)36(45)41-32(18-25-12-6-4-7-13-25)33(43)22-37-23-34-39-30-16-10-11-17-31(30)40-34/h4-17,19-21,24,32-33,37,43H,18,22-23H2,1-3H3,(H,38,44)(H,39,40)(H,41,45)/t24-,32+,33-/m1/s1. The lowest BCUT2D eigenvalue weighted by atomic mass is 10.00. The van der Waals surface area contributed by atoms with Gasteiger partial charge in [0.1, 0.15) is 5.82 Å². The molecule has 4 aromatic carbocycles. The van der Waals surface area contributed by atoms with E-state index >= 15 is 0 Å². The highest BCUT2D eigenvalue weighted by Crippen LogP contribution is 2.22. The fraction of sp³-hybridized carbons (Fsp3) is 0.250. The number of aromatic amines is 1. The summed E-state index contributed by atoms with van der Waals surface area (Å²) in [5.41, 5.74) is 3.88. The molecule has 0 aliphatic heterocycles. The molecule has 2 amide bonds. The smallest absolute Gasteiger partial charge is 0.251 e. The molecular weight excluding hydrogens is 629 g/mol. The van der Waals surface area contributed by atoms with Gasteiger partial charge in [-0.15, -0.1) is 0 Å². The summed E-state index contributed by atoms with van der Waals surface area (Å²) in [6.07, 6.45) is 0.363. The van der Waals surface area contributed by atoms with Gasteiger partial charge in [0.2, 0.25) is 10.0 Å². The van der Waals surface area contributed by atoms with Gasteiger partial charge in [0.15, 0.2) is 0 Å². The van der Waals surface area contributed by atoms with Gasteiger partial charge in [-0.25, -0.2) is 13.4 Å². The summed E-state index contributed by atoms with van der Waals surface area (Å²) in [4.78, 5) is 35.1. The molecule has 0 saturated carbocycles. The Morgan fingerprint density at radius 1 is 0.875 bits per heavy atom. The minimum atomic E-state index is -3.71. The van der Waals surface area contributed by atoms with Crippen molar-refractivity contribution in [1.82, 2.24) is 25.9 Å². The number of hydrogen-bond acceptors (Lipinski definition) is 7. The number of nitrogens with zero attached hydrogens (tertiary/aromatic N) is 2. The summed E-state index contributed by atoms with van der Waals surface area (Å²) in [6.45, 7) is 2.36. The van der Waals surface area contributed by atoms with Crippen LogP contribution in [0.5, 0.6) is 0 Å². The molecule has 0 aliphatic rings. The summed E-state index contributed by atoms with van der Waals surface area (Å²) >= 11 is 0. The van der Waals surface area contributed by atoms with Crippen molar-refractivity contribution in [2.75, 3.05) is 24.2 Å². The number of anilines is 1. The number of sulfonamides is 1. The van der Waals surface area contributed by atoms with Gasteiger partial charge in [0.05, 0.1) is 47.7 Å². The Kier molecular flexibility index (Phi) is 10.9. The molecule has 5 aromatic rings. The van der Waals surface area contributed by atoms with E-state index in [1.54, 1.807) is 0 Å². The van der Waals surface area contributed by atoms with E-state index in [4.69, 9.17) is 0 Å². The van der Waals surface area contributed by atoms with Crippen molar-refractivity contribution in [3.05, 3.63) is 131 Å². The first-order chi connectivity index (χ1) is 23.0. The number of aromatic nitrogens is 2. The van der Waals surface area contributed by atoms with Gasteiger partial charge in [0, 0.05) is 24.7 Å². The second kappa shape index (κ2) is 15.2. The Morgan fingerprint density at radius 3 is 2.12 bits per heavy atom. The van der Waals surface area contributed by atoms with Crippen LogP contribution < -0.4 is 20.3 Å². The van der Waals surface area contributed by atoms with Crippen molar-refractivity contribution >= 4 is 38.6 Å². The van der Waals surface area contributed by atoms with Crippen LogP contribution in [-0.4, -0.2) is 67.3 Å². The van der Waals surface area contributed by atoms with Crippen molar-refractivity contribution in [2.45, 2.75) is 38.1 Å². The number of benzene rings is 4. The van der Waals surface area contributed by atoms with Gasteiger partial charge in [-0.2, -0.15) is 0 Å². The maximum atomic E-state index is 13.8. The number of nitrogens with one attached hydrogen (secondary N) is 4. The van der Waals surface area contributed by atoms with E-state index in [0.717, 1.165) is 32.7 Å². The van der Waals surface area contributed by atoms with E-state index in [-0.39, 0.29) is 29.4 Å². The minimum absolute atomic E-state index is 0.0704. The average molecular weight is 669 g/mol. The van der Waals surface area contributed by atoms with Gasteiger partial charge < -0.3 is 26.0 Å². The fourth-order valence-corrected chi connectivity index (χ4v) is 5.81. The molecule has 11 nitrogen and oxygen atoms in total. The second-order valence-electron chi connectivity index (χ2n) is 11.8. The summed E-state index contributed by atoms with van der Waals surface area (Å²) in [5.74, 6) is -0.327. The number of fused-ring (bicyclic) bond motifs is 1. The first-order valence-electron chi connectivity index (χ1n) is 15.6. The Morgan fingerprint density at radius 2 is 1.48 bits per heavy atom. The predicted molar refractivity (Wildman–Crippen MR) is 187 cm³/mol. The van der Waals surface area contributed by atoms with Crippen LogP contribution >= 0.6 is 0 Å². The summed E-state index contributed by atoms with van der Waals surface area (Å²) < 4.78 is 25.9. The first-order valence-corrected chi connectivity index (χ1v) is 17.4. The molecule has 48 heavy (non-hydrogen) atoms. The molecule has 3 atom stereocenters. The number of amides is 2. The van der Waals surface area contributed by atoms with Crippen LogP contribution in [-0.2, 0) is 23.0 Å². The van der Waals surface area contributed by atoms with Crippen molar-refractivity contribution in [2.24, 2.45) is 0 Å². The SMILES string of the molecule is C[C@@H](NC(=O)c1cc(C(=O)N[C@@H](Cc2ccccc2)[C@H](O)CNCc2nc3ccccc3[nH]2)cc(N(C)S(C)(=O)=O)c1)c1ccccc1. The number of aliphatic hydroxyl groups is 1. The van der Waals surface area contributed by atoms with Gasteiger partial charge in [0.25, 0.3) is 11.8 Å². The summed E-state index contributed by atoms with van der Waals surface area (Å²) in [6, 6.07) is 29.8. The molecule has 0 spiro atoms. The molecule has 250 valence electrons. The van der Waals surface area contributed by atoms with Crippen LogP contribution in [0.1, 0.15) is 50.6 Å². The van der Waals surface area contributed by atoms with Crippen LogP contribution in [0.2, 0.25) is 0 Å². The third-order valence-electron chi connectivity index (χ3n) is 8.11. The zero-order chi connectivity index (χ0) is 34.3. The summed E-state index contributed by atoms with van der Waals surface area (Å²) in [7, 11) is -2.35. The van der Waals surface area contributed by atoms with Gasteiger partial charge in [-0.3, -0.25) is 13.9 Å². The number of imidazole rings is 1. The molecule has 5 N–H and O–H groups in total. The molecule has 0 bridgehead atoms. The number of carbonyl (C=O) groups excluding carboxylic acids is 2. The molecule has 0 aliphatic carbocycles. The van der Waals surface area contributed by atoms with E-state index in [0.29, 0.717) is 18.8 Å².